The first-order valence-electron chi connectivity index (χ1n) is 6.25. The van der Waals surface area contributed by atoms with E-state index in [1.54, 1.807) is 6.20 Å². The van der Waals surface area contributed by atoms with Crippen LogP contribution in [0.5, 0.6) is 0 Å². The standard InChI is InChI=1S/C12H18N2O3S/c1-2-5-14-6-4-13-12(14)8-11(15)10-3-7-18(16,17)9-10/h4,6,10H,2-3,5,7-9H2,1H3. The van der Waals surface area contributed by atoms with Crippen LogP contribution in [0.2, 0.25) is 0 Å². The molecule has 0 N–H and O–H groups in total. The number of hydrogen-bond acceptors (Lipinski definition) is 4. The third-order valence-electron chi connectivity index (χ3n) is 3.29. The second-order valence-corrected chi connectivity index (χ2v) is 7.01. The van der Waals surface area contributed by atoms with Crippen LogP contribution < -0.4 is 0 Å². The van der Waals surface area contributed by atoms with E-state index in [0.29, 0.717) is 6.42 Å². The molecule has 1 aromatic rings. The number of nitrogens with zero attached hydrogens (tertiary/aromatic N) is 2. The number of sulfone groups is 1. The number of imidazole rings is 1. The summed E-state index contributed by atoms with van der Waals surface area (Å²) >= 11 is 0. The van der Waals surface area contributed by atoms with Crippen molar-refractivity contribution in [2.75, 3.05) is 11.5 Å². The highest BCUT2D eigenvalue weighted by atomic mass is 32.2. The molecule has 1 aromatic heterocycles. The SMILES string of the molecule is CCCn1ccnc1CC(=O)C1CCS(=O)(=O)C1. The van der Waals surface area contributed by atoms with E-state index >= 15 is 0 Å². The molecule has 0 aliphatic carbocycles. The molecule has 5 nitrogen and oxygen atoms in total. The summed E-state index contributed by atoms with van der Waals surface area (Å²) in [6.07, 6.45) is 5.24. The summed E-state index contributed by atoms with van der Waals surface area (Å²) in [7, 11) is -2.99. The minimum absolute atomic E-state index is 0.000344. The normalized spacial score (nSPS) is 22.2. The molecule has 0 aromatic carbocycles. The van der Waals surface area contributed by atoms with Gasteiger partial charge < -0.3 is 4.57 Å². The number of carbonyl (C=O) groups is 1. The average Bonchev–Trinajstić information content (AvgIpc) is 2.86. The molecule has 1 saturated heterocycles. The van der Waals surface area contributed by atoms with Gasteiger partial charge in [-0.2, -0.15) is 0 Å². The molecule has 6 heteroatoms. The fourth-order valence-corrected chi connectivity index (χ4v) is 4.08. The van der Waals surface area contributed by atoms with E-state index in [1.807, 2.05) is 10.8 Å². The molecule has 0 spiro atoms. The fourth-order valence-electron chi connectivity index (χ4n) is 2.30. The number of hydrogen-bond donors (Lipinski definition) is 0. The monoisotopic (exact) mass is 270 g/mol. The third kappa shape index (κ3) is 2.98. The molecule has 1 atom stereocenters. The predicted octanol–water partition coefficient (Wildman–Crippen LogP) is 0.839. The summed E-state index contributed by atoms with van der Waals surface area (Å²) in [5.74, 6) is 0.570. The lowest BCUT2D eigenvalue weighted by Crippen LogP contribution is -2.20. The summed E-state index contributed by atoms with van der Waals surface area (Å²) in [5, 5.41) is 0. The van der Waals surface area contributed by atoms with Crippen molar-refractivity contribution < 1.29 is 13.2 Å². The van der Waals surface area contributed by atoms with Crippen LogP contribution in [0.15, 0.2) is 12.4 Å². The quantitative estimate of drug-likeness (QED) is 0.795. The number of ketones is 1. The lowest BCUT2D eigenvalue weighted by Gasteiger charge is -2.08. The molecule has 0 bridgehead atoms. The molecule has 2 rings (SSSR count). The first-order chi connectivity index (χ1) is 8.52. The molecule has 18 heavy (non-hydrogen) atoms. The fraction of sp³-hybridized carbons (Fsp3) is 0.667. The Morgan fingerprint density at radius 3 is 2.94 bits per heavy atom. The van der Waals surface area contributed by atoms with E-state index in [0.717, 1.165) is 18.8 Å². The summed E-state index contributed by atoms with van der Waals surface area (Å²) < 4.78 is 24.6. The van der Waals surface area contributed by atoms with Crippen LogP contribution in [0.25, 0.3) is 0 Å². The number of aryl methyl sites for hydroxylation is 1. The Bertz CT molecular complexity index is 533. The van der Waals surface area contributed by atoms with Crippen LogP contribution in [0, 0.1) is 5.92 Å². The van der Waals surface area contributed by atoms with Crippen molar-refractivity contribution in [1.29, 1.82) is 0 Å². The Kier molecular flexibility index (Phi) is 3.85. The molecule has 0 radical (unpaired) electrons. The van der Waals surface area contributed by atoms with Crippen molar-refractivity contribution >= 4 is 15.6 Å². The lowest BCUT2D eigenvalue weighted by molar-refractivity contribution is -0.121. The Morgan fingerprint density at radius 2 is 2.33 bits per heavy atom. The number of carbonyl (C=O) groups excluding carboxylic acids is 1. The molecule has 1 aliphatic heterocycles. The maximum atomic E-state index is 12.0. The van der Waals surface area contributed by atoms with Crippen LogP contribution >= 0.6 is 0 Å². The van der Waals surface area contributed by atoms with Crippen molar-refractivity contribution in [3.63, 3.8) is 0 Å². The van der Waals surface area contributed by atoms with Gasteiger partial charge in [0, 0.05) is 24.9 Å². The summed E-state index contributed by atoms with van der Waals surface area (Å²) in [6.45, 7) is 2.90. The van der Waals surface area contributed by atoms with E-state index in [-0.39, 0.29) is 29.6 Å². The van der Waals surface area contributed by atoms with E-state index in [9.17, 15) is 13.2 Å². The van der Waals surface area contributed by atoms with Gasteiger partial charge in [0.05, 0.1) is 17.9 Å². The molecule has 100 valence electrons. The summed E-state index contributed by atoms with van der Waals surface area (Å²) in [5.41, 5.74) is 0. The number of rotatable bonds is 5. The molecular weight excluding hydrogens is 252 g/mol. The molecule has 1 fully saturated rings. The van der Waals surface area contributed by atoms with Gasteiger partial charge in [0.15, 0.2) is 9.84 Å². The number of Topliss-reactive ketones (excluding diaryl/α,β-unsaturated/α-hetero) is 1. The summed E-state index contributed by atoms with van der Waals surface area (Å²) in [4.78, 5) is 16.2. The van der Waals surface area contributed by atoms with Gasteiger partial charge in [-0.05, 0) is 12.8 Å². The van der Waals surface area contributed by atoms with Crippen LogP contribution in [0.3, 0.4) is 0 Å². The summed E-state index contributed by atoms with van der Waals surface area (Å²) in [6, 6.07) is 0. The maximum absolute atomic E-state index is 12.0. The van der Waals surface area contributed by atoms with Crippen LogP contribution in [-0.2, 0) is 27.6 Å². The second-order valence-electron chi connectivity index (χ2n) is 4.78. The Morgan fingerprint density at radius 1 is 1.56 bits per heavy atom. The molecular formula is C12H18N2O3S. The zero-order valence-corrected chi connectivity index (χ0v) is 11.3. The maximum Gasteiger partial charge on any atom is 0.151 e. The highest BCUT2D eigenvalue weighted by Gasteiger charge is 2.33. The largest absolute Gasteiger partial charge is 0.335 e. The van der Waals surface area contributed by atoms with E-state index in [4.69, 9.17) is 0 Å². The van der Waals surface area contributed by atoms with Crippen molar-refractivity contribution in [1.82, 2.24) is 9.55 Å². The second kappa shape index (κ2) is 5.22. The Hall–Kier alpha value is -1.17. The zero-order valence-electron chi connectivity index (χ0n) is 10.5. The molecule has 2 heterocycles. The number of aromatic nitrogens is 2. The van der Waals surface area contributed by atoms with Crippen molar-refractivity contribution in [3.05, 3.63) is 18.2 Å². The van der Waals surface area contributed by atoms with Crippen LogP contribution in [0.4, 0.5) is 0 Å². The van der Waals surface area contributed by atoms with Gasteiger partial charge in [-0.3, -0.25) is 4.79 Å². The van der Waals surface area contributed by atoms with Gasteiger partial charge in [-0.15, -0.1) is 0 Å². The molecule has 0 amide bonds. The van der Waals surface area contributed by atoms with E-state index in [1.165, 1.54) is 0 Å². The molecule has 1 unspecified atom stereocenters. The molecule has 0 saturated carbocycles. The highest BCUT2D eigenvalue weighted by molar-refractivity contribution is 7.91. The van der Waals surface area contributed by atoms with Crippen molar-refractivity contribution in [2.45, 2.75) is 32.7 Å². The van der Waals surface area contributed by atoms with Gasteiger partial charge in [-0.25, -0.2) is 13.4 Å². The van der Waals surface area contributed by atoms with Crippen molar-refractivity contribution in [3.8, 4) is 0 Å². The first kappa shape index (κ1) is 13.3. The van der Waals surface area contributed by atoms with Gasteiger partial charge >= 0.3 is 0 Å². The van der Waals surface area contributed by atoms with E-state index in [2.05, 4.69) is 11.9 Å². The Balaban J connectivity index is 2.01. The average molecular weight is 270 g/mol. The van der Waals surface area contributed by atoms with E-state index < -0.39 is 9.84 Å². The van der Waals surface area contributed by atoms with Crippen LogP contribution in [-0.4, -0.2) is 35.3 Å². The van der Waals surface area contributed by atoms with Gasteiger partial charge in [0.2, 0.25) is 0 Å². The minimum Gasteiger partial charge on any atom is -0.335 e. The smallest absolute Gasteiger partial charge is 0.151 e. The van der Waals surface area contributed by atoms with Gasteiger partial charge in [0.1, 0.15) is 11.6 Å². The van der Waals surface area contributed by atoms with Gasteiger partial charge in [-0.1, -0.05) is 6.92 Å². The topological polar surface area (TPSA) is 69.0 Å². The predicted molar refractivity (Wildman–Crippen MR) is 68.0 cm³/mol. The van der Waals surface area contributed by atoms with Crippen LogP contribution in [0.1, 0.15) is 25.6 Å². The Labute approximate surface area is 107 Å². The van der Waals surface area contributed by atoms with Crippen molar-refractivity contribution in [2.24, 2.45) is 5.92 Å². The lowest BCUT2D eigenvalue weighted by atomic mass is 10.0. The molecule has 1 aliphatic rings. The highest BCUT2D eigenvalue weighted by Crippen LogP contribution is 2.20. The minimum atomic E-state index is -2.99. The van der Waals surface area contributed by atoms with Gasteiger partial charge in [0.25, 0.3) is 0 Å². The first-order valence-corrected chi connectivity index (χ1v) is 8.07. The third-order valence-corrected chi connectivity index (χ3v) is 5.05. The zero-order chi connectivity index (χ0) is 13.2.